The van der Waals surface area contributed by atoms with Crippen molar-refractivity contribution in [2.45, 2.75) is 24.3 Å². The number of para-hydroxylation sites is 1. The molecule has 0 bridgehead atoms. The predicted molar refractivity (Wildman–Crippen MR) is 108 cm³/mol. The number of benzene rings is 2. The lowest BCUT2D eigenvalue weighted by atomic mass is 10.0. The summed E-state index contributed by atoms with van der Waals surface area (Å²) in [5.41, 5.74) is 3.09. The Hall–Kier alpha value is -2.73. The number of H-pyrrole nitrogens is 1. The average molecular weight is 382 g/mol. The first-order chi connectivity index (χ1) is 13.1. The minimum absolute atomic E-state index is 0.196. The maximum Gasteiger partial charge on any atom is 0.328 e. The van der Waals surface area contributed by atoms with E-state index in [4.69, 9.17) is 4.74 Å². The summed E-state index contributed by atoms with van der Waals surface area (Å²) < 4.78 is 4.89. The van der Waals surface area contributed by atoms with Crippen LogP contribution in [0.5, 0.6) is 0 Å². The molecule has 3 aromatic rings. The minimum atomic E-state index is -0.723. The number of thioether (sulfide) groups is 1. The highest BCUT2D eigenvalue weighted by Gasteiger charge is 2.23. The van der Waals surface area contributed by atoms with Gasteiger partial charge in [-0.05, 0) is 30.2 Å². The van der Waals surface area contributed by atoms with Gasteiger partial charge in [0.1, 0.15) is 6.04 Å². The molecule has 1 amide bonds. The molecule has 0 unspecified atom stereocenters. The smallest absolute Gasteiger partial charge is 0.328 e. The Kier molecular flexibility index (Phi) is 6.19. The van der Waals surface area contributed by atoms with Crippen molar-refractivity contribution in [3.8, 4) is 0 Å². The molecule has 1 heterocycles. The zero-order valence-corrected chi connectivity index (χ0v) is 16.1. The third-order valence-electron chi connectivity index (χ3n) is 4.37. The largest absolute Gasteiger partial charge is 0.467 e. The number of ether oxygens (including phenoxy) is 1. The number of methoxy groups -OCH3 is 1. The summed E-state index contributed by atoms with van der Waals surface area (Å²) >= 11 is 1.46. The molecule has 0 fully saturated rings. The van der Waals surface area contributed by atoms with Gasteiger partial charge in [-0.3, -0.25) is 4.79 Å². The summed E-state index contributed by atoms with van der Waals surface area (Å²) in [6.45, 7) is 2.01. The Morgan fingerprint density at radius 1 is 1.15 bits per heavy atom. The van der Waals surface area contributed by atoms with Crippen LogP contribution in [0, 0.1) is 6.92 Å². The molecule has 2 aromatic carbocycles. The molecular weight excluding hydrogens is 360 g/mol. The van der Waals surface area contributed by atoms with E-state index in [9.17, 15) is 9.59 Å². The number of aromatic nitrogens is 1. The average Bonchev–Trinajstić information content (AvgIpc) is 3.09. The van der Waals surface area contributed by atoms with Crippen LogP contribution in [0.3, 0.4) is 0 Å². The molecule has 6 heteroatoms. The topological polar surface area (TPSA) is 71.2 Å². The van der Waals surface area contributed by atoms with Crippen LogP contribution < -0.4 is 5.32 Å². The van der Waals surface area contributed by atoms with Crippen LogP contribution >= 0.6 is 11.8 Å². The molecule has 1 aromatic heterocycles. The first-order valence-corrected chi connectivity index (χ1v) is 9.67. The summed E-state index contributed by atoms with van der Waals surface area (Å²) in [6, 6.07) is 15.0. The Bertz CT molecular complexity index is 951. The first kappa shape index (κ1) is 19.0. The Balaban J connectivity index is 1.67. The lowest BCUT2D eigenvalue weighted by Gasteiger charge is -2.16. The number of rotatable bonds is 7. The van der Waals surface area contributed by atoms with Gasteiger partial charge in [-0.2, -0.15) is 0 Å². The van der Waals surface area contributed by atoms with Gasteiger partial charge in [0, 0.05) is 28.4 Å². The summed E-state index contributed by atoms with van der Waals surface area (Å²) in [7, 11) is 1.33. The molecule has 0 spiro atoms. The van der Waals surface area contributed by atoms with E-state index in [2.05, 4.69) is 10.3 Å². The summed E-state index contributed by atoms with van der Waals surface area (Å²) in [6.07, 6.45) is 2.24. The van der Waals surface area contributed by atoms with Gasteiger partial charge in [0.25, 0.3) is 0 Å². The second kappa shape index (κ2) is 8.77. The first-order valence-electron chi connectivity index (χ1n) is 8.69. The quantitative estimate of drug-likeness (QED) is 0.485. The maximum atomic E-state index is 12.4. The molecule has 27 heavy (non-hydrogen) atoms. The number of amides is 1. The fourth-order valence-corrected chi connectivity index (χ4v) is 3.79. The van der Waals surface area contributed by atoms with Crippen molar-refractivity contribution in [1.29, 1.82) is 0 Å². The van der Waals surface area contributed by atoms with Gasteiger partial charge < -0.3 is 15.0 Å². The normalized spacial score (nSPS) is 11.9. The van der Waals surface area contributed by atoms with Crippen LogP contribution in [0.4, 0.5) is 0 Å². The van der Waals surface area contributed by atoms with Crippen LogP contribution in [0.25, 0.3) is 10.9 Å². The molecule has 140 valence electrons. The summed E-state index contributed by atoms with van der Waals surface area (Å²) in [5, 5.41) is 3.85. The third-order valence-corrected chi connectivity index (χ3v) is 5.55. The molecule has 0 saturated carbocycles. The molecule has 0 radical (unpaired) electrons. The van der Waals surface area contributed by atoms with Gasteiger partial charge in [0.2, 0.25) is 5.91 Å². The van der Waals surface area contributed by atoms with Crippen molar-refractivity contribution in [1.82, 2.24) is 10.3 Å². The number of carbonyl (C=O) groups is 2. The van der Waals surface area contributed by atoms with Crippen molar-refractivity contribution < 1.29 is 14.3 Å². The molecule has 0 aliphatic carbocycles. The standard InChI is InChI=1S/C21H22N2O3S/c1-14-7-3-6-10-19(14)27-13-20(24)23-18(21(25)26-2)11-15-12-22-17-9-5-4-8-16(15)17/h3-10,12,18,22H,11,13H2,1-2H3,(H,23,24)/t18-/m1/s1. The maximum absolute atomic E-state index is 12.4. The molecule has 0 aliphatic rings. The lowest BCUT2D eigenvalue weighted by molar-refractivity contribution is -0.144. The SMILES string of the molecule is COC(=O)[C@@H](Cc1c[nH]c2ccccc12)NC(=O)CSc1ccccc1C. The monoisotopic (exact) mass is 382 g/mol. The second-order valence-electron chi connectivity index (χ2n) is 6.26. The van der Waals surface area contributed by atoms with Crippen molar-refractivity contribution in [3.63, 3.8) is 0 Å². The zero-order valence-electron chi connectivity index (χ0n) is 15.3. The number of hydrogen-bond donors (Lipinski definition) is 2. The third kappa shape index (κ3) is 4.71. The molecule has 0 saturated heterocycles. The summed E-state index contributed by atoms with van der Waals surface area (Å²) in [5.74, 6) is -0.403. The lowest BCUT2D eigenvalue weighted by Crippen LogP contribution is -2.43. The number of aromatic amines is 1. The highest BCUT2D eigenvalue weighted by atomic mass is 32.2. The van der Waals surface area contributed by atoms with Gasteiger partial charge in [-0.1, -0.05) is 36.4 Å². The number of aryl methyl sites for hydroxylation is 1. The van der Waals surface area contributed by atoms with Gasteiger partial charge in [0.15, 0.2) is 0 Å². The Morgan fingerprint density at radius 2 is 1.89 bits per heavy atom. The van der Waals surface area contributed by atoms with E-state index in [1.54, 1.807) is 0 Å². The number of carbonyl (C=O) groups excluding carboxylic acids is 2. The fraction of sp³-hybridized carbons (Fsp3) is 0.238. The molecule has 0 aliphatic heterocycles. The Labute approximate surface area is 162 Å². The number of hydrogen-bond acceptors (Lipinski definition) is 4. The van der Waals surface area contributed by atoms with Gasteiger partial charge in [-0.25, -0.2) is 4.79 Å². The molecule has 2 N–H and O–H groups in total. The number of fused-ring (bicyclic) bond motifs is 1. The number of nitrogens with one attached hydrogen (secondary N) is 2. The van der Waals surface area contributed by atoms with E-state index in [0.717, 1.165) is 26.9 Å². The van der Waals surface area contributed by atoms with Gasteiger partial charge >= 0.3 is 5.97 Å². The van der Waals surface area contributed by atoms with E-state index in [-0.39, 0.29) is 11.7 Å². The minimum Gasteiger partial charge on any atom is -0.467 e. The molecular formula is C21H22N2O3S. The van der Waals surface area contributed by atoms with E-state index in [1.165, 1.54) is 18.9 Å². The highest BCUT2D eigenvalue weighted by molar-refractivity contribution is 8.00. The molecule has 3 rings (SSSR count). The van der Waals surface area contributed by atoms with E-state index in [0.29, 0.717) is 6.42 Å². The van der Waals surface area contributed by atoms with Crippen LogP contribution in [-0.4, -0.2) is 35.8 Å². The van der Waals surface area contributed by atoms with Crippen molar-refractivity contribution >= 4 is 34.5 Å². The van der Waals surface area contributed by atoms with E-state index in [1.807, 2.05) is 61.7 Å². The Morgan fingerprint density at radius 3 is 2.67 bits per heavy atom. The van der Waals surface area contributed by atoms with Crippen LogP contribution in [-0.2, 0) is 20.7 Å². The van der Waals surface area contributed by atoms with Crippen molar-refractivity contribution in [2.24, 2.45) is 0 Å². The van der Waals surface area contributed by atoms with Gasteiger partial charge in [-0.15, -0.1) is 11.8 Å². The van der Waals surface area contributed by atoms with Crippen LogP contribution in [0.15, 0.2) is 59.6 Å². The molecule has 1 atom stereocenters. The van der Waals surface area contributed by atoms with Crippen LogP contribution in [0.2, 0.25) is 0 Å². The fourth-order valence-electron chi connectivity index (χ4n) is 2.95. The molecule has 5 nitrogen and oxygen atoms in total. The van der Waals surface area contributed by atoms with E-state index < -0.39 is 12.0 Å². The van der Waals surface area contributed by atoms with Crippen molar-refractivity contribution in [2.75, 3.05) is 12.9 Å². The van der Waals surface area contributed by atoms with Gasteiger partial charge in [0.05, 0.1) is 12.9 Å². The van der Waals surface area contributed by atoms with E-state index >= 15 is 0 Å². The zero-order chi connectivity index (χ0) is 19.2. The second-order valence-corrected chi connectivity index (χ2v) is 7.28. The summed E-state index contributed by atoms with van der Waals surface area (Å²) in [4.78, 5) is 28.8. The highest BCUT2D eigenvalue weighted by Crippen LogP contribution is 2.22. The van der Waals surface area contributed by atoms with Crippen molar-refractivity contribution in [3.05, 3.63) is 65.9 Å². The van der Waals surface area contributed by atoms with Crippen LogP contribution in [0.1, 0.15) is 11.1 Å². The number of esters is 1. The predicted octanol–water partition coefficient (Wildman–Crippen LogP) is 3.47.